The fourth-order valence-corrected chi connectivity index (χ4v) is 2.57. The van der Waals surface area contributed by atoms with E-state index in [1.807, 2.05) is 6.07 Å². The van der Waals surface area contributed by atoms with Gasteiger partial charge >= 0.3 is 0 Å². The molecule has 0 spiro atoms. The molecule has 3 rings (SSSR count). The summed E-state index contributed by atoms with van der Waals surface area (Å²) >= 11 is 7.33. The van der Waals surface area contributed by atoms with E-state index in [9.17, 15) is 0 Å². The second-order valence-corrected chi connectivity index (χ2v) is 5.04. The first-order chi connectivity index (χ1) is 9.78. The Morgan fingerprint density at radius 3 is 3.10 bits per heavy atom. The van der Waals surface area contributed by atoms with E-state index in [-0.39, 0.29) is 6.61 Å². The van der Waals surface area contributed by atoms with Gasteiger partial charge in [-0.2, -0.15) is 8.75 Å². The summed E-state index contributed by atoms with van der Waals surface area (Å²) in [6.07, 6.45) is 1.77. The van der Waals surface area contributed by atoms with Gasteiger partial charge in [0.2, 0.25) is 0 Å². The number of nitrogens with one attached hydrogen (secondary N) is 1. The van der Waals surface area contributed by atoms with Crippen molar-refractivity contribution in [1.29, 1.82) is 0 Å². The highest BCUT2D eigenvalue weighted by Gasteiger charge is 2.10. The van der Waals surface area contributed by atoms with Gasteiger partial charge in [-0.15, -0.1) is 5.10 Å². The van der Waals surface area contributed by atoms with E-state index < -0.39 is 0 Å². The molecule has 20 heavy (non-hydrogen) atoms. The molecule has 2 heterocycles. The number of fused-ring (bicyclic) bond motifs is 1. The number of anilines is 1. The third kappa shape index (κ3) is 2.58. The number of aromatic nitrogens is 5. The molecular formula is C11H11ClN6OS. The van der Waals surface area contributed by atoms with E-state index >= 15 is 0 Å². The summed E-state index contributed by atoms with van der Waals surface area (Å²) in [4.78, 5) is 0. The van der Waals surface area contributed by atoms with Crippen LogP contribution in [0, 0.1) is 0 Å². The molecule has 7 nitrogen and oxygen atoms in total. The zero-order valence-corrected chi connectivity index (χ0v) is 11.9. The third-order valence-electron chi connectivity index (χ3n) is 2.74. The van der Waals surface area contributed by atoms with Gasteiger partial charge in [0.05, 0.1) is 48.3 Å². The number of hydrogen-bond donors (Lipinski definition) is 2. The highest BCUT2D eigenvalue weighted by Crippen LogP contribution is 2.30. The Hall–Kier alpha value is -1.77. The molecule has 0 atom stereocenters. The van der Waals surface area contributed by atoms with Gasteiger partial charge in [-0.05, 0) is 12.1 Å². The van der Waals surface area contributed by atoms with Gasteiger partial charge in [0.1, 0.15) is 16.7 Å². The van der Waals surface area contributed by atoms with E-state index in [1.165, 1.54) is 0 Å². The van der Waals surface area contributed by atoms with Crippen LogP contribution in [0.15, 0.2) is 18.3 Å². The summed E-state index contributed by atoms with van der Waals surface area (Å²) in [6.45, 7) is 0.937. The lowest BCUT2D eigenvalue weighted by Crippen LogP contribution is -2.02. The third-order valence-corrected chi connectivity index (χ3v) is 3.60. The molecule has 0 fully saturated rings. The molecule has 0 saturated carbocycles. The van der Waals surface area contributed by atoms with Crippen LogP contribution in [0.2, 0.25) is 5.02 Å². The predicted molar refractivity (Wildman–Crippen MR) is 76.9 cm³/mol. The minimum absolute atomic E-state index is 0.0336. The van der Waals surface area contributed by atoms with E-state index in [1.54, 1.807) is 16.9 Å². The molecule has 2 aromatic heterocycles. The minimum atomic E-state index is 0.0336. The molecule has 0 saturated heterocycles. The van der Waals surface area contributed by atoms with Crippen LogP contribution in [0.25, 0.3) is 11.0 Å². The van der Waals surface area contributed by atoms with Gasteiger partial charge in [0.25, 0.3) is 0 Å². The maximum Gasteiger partial charge on any atom is 0.129 e. The first kappa shape index (κ1) is 13.2. The van der Waals surface area contributed by atoms with Crippen LogP contribution in [0.5, 0.6) is 0 Å². The number of benzene rings is 1. The Labute approximate surface area is 123 Å². The van der Waals surface area contributed by atoms with Gasteiger partial charge in [0, 0.05) is 0 Å². The van der Waals surface area contributed by atoms with Crippen LogP contribution >= 0.6 is 23.3 Å². The number of nitrogens with zero attached hydrogens (tertiary/aromatic N) is 5. The fourth-order valence-electron chi connectivity index (χ4n) is 1.81. The van der Waals surface area contributed by atoms with Crippen molar-refractivity contribution in [1.82, 2.24) is 23.7 Å². The van der Waals surface area contributed by atoms with Crippen LogP contribution in [0.1, 0.15) is 5.69 Å². The SMILES string of the molecule is OCCn1cc(CNc2c(Cl)ccc3nsnc23)nn1. The van der Waals surface area contributed by atoms with E-state index in [0.29, 0.717) is 18.1 Å². The van der Waals surface area contributed by atoms with Gasteiger partial charge in [-0.1, -0.05) is 16.8 Å². The van der Waals surface area contributed by atoms with Crippen molar-refractivity contribution < 1.29 is 5.11 Å². The largest absolute Gasteiger partial charge is 0.394 e. The molecule has 0 aliphatic rings. The monoisotopic (exact) mass is 310 g/mol. The Bertz CT molecular complexity index is 727. The zero-order valence-electron chi connectivity index (χ0n) is 10.3. The summed E-state index contributed by atoms with van der Waals surface area (Å²) in [5.41, 5.74) is 3.07. The molecule has 9 heteroatoms. The van der Waals surface area contributed by atoms with Crippen LogP contribution in [-0.2, 0) is 13.1 Å². The first-order valence-corrected chi connectivity index (χ1v) is 7.03. The summed E-state index contributed by atoms with van der Waals surface area (Å²) in [5, 5.41) is 20.5. The Balaban J connectivity index is 1.79. The molecule has 3 aromatic rings. The van der Waals surface area contributed by atoms with Crippen molar-refractivity contribution in [2.75, 3.05) is 11.9 Å². The highest BCUT2D eigenvalue weighted by atomic mass is 35.5. The number of halogens is 1. The Morgan fingerprint density at radius 1 is 1.35 bits per heavy atom. The minimum Gasteiger partial charge on any atom is -0.394 e. The molecule has 0 unspecified atom stereocenters. The molecule has 0 aliphatic heterocycles. The maximum absolute atomic E-state index is 8.83. The number of rotatable bonds is 5. The van der Waals surface area contributed by atoms with Crippen molar-refractivity contribution in [3.8, 4) is 0 Å². The molecular weight excluding hydrogens is 300 g/mol. The van der Waals surface area contributed by atoms with E-state index in [4.69, 9.17) is 16.7 Å². The van der Waals surface area contributed by atoms with Gasteiger partial charge < -0.3 is 10.4 Å². The van der Waals surface area contributed by atoms with Crippen molar-refractivity contribution >= 4 is 40.0 Å². The number of aliphatic hydroxyl groups is 1. The summed E-state index contributed by atoms with van der Waals surface area (Å²) in [6, 6.07) is 3.63. The smallest absolute Gasteiger partial charge is 0.129 e. The topological polar surface area (TPSA) is 88.8 Å². The highest BCUT2D eigenvalue weighted by molar-refractivity contribution is 7.00. The standard InChI is InChI=1S/C11H11ClN6OS/c12-8-1-2-9-11(16-20-15-9)10(8)13-5-7-6-18(3-4-19)17-14-7/h1-2,6,13,19H,3-5H2. The summed E-state index contributed by atoms with van der Waals surface area (Å²) in [5.74, 6) is 0. The first-order valence-electron chi connectivity index (χ1n) is 5.92. The van der Waals surface area contributed by atoms with Gasteiger partial charge in [0.15, 0.2) is 0 Å². The van der Waals surface area contributed by atoms with Crippen molar-refractivity contribution in [2.24, 2.45) is 0 Å². The van der Waals surface area contributed by atoms with Crippen LogP contribution in [0.4, 0.5) is 5.69 Å². The number of hydrogen-bond acceptors (Lipinski definition) is 7. The molecule has 104 valence electrons. The van der Waals surface area contributed by atoms with Crippen LogP contribution in [0.3, 0.4) is 0 Å². The normalized spacial score (nSPS) is 11.1. The van der Waals surface area contributed by atoms with E-state index in [0.717, 1.165) is 34.1 Å². The molecule has 2 N–H and O–H groups in total. The summed E-state index contributed by atoms with van der Waals surface area (Å²) in [7, 11) is 0. The van der Waals surface area contributed by atoms with Crippen molar-refractivity contribution in [3.05, 3.63) is 29.0 Å². The molecule has 0 bridgehead atoms. The number of aliphatic hydroxyl groups excluding tert-OH is 1. The average molecular weight is 311 g/mol. The fraction of sp³-hybridized carbons (Fsp3) is 0.273. The second-order valence-electron chi connectivity index (χ2n) is 4.10. The van der Waals surface area contributed by atoms with Crippen molar-refractivity contribution in [2.45, 2.75) is 13.1 Å². The maximum atomic E-state index is 8.83. The lowest BCUT2D eigenvalue weighted by atomic mass is 10.2. The Kier molecular flexibility index (Phi) is 3.77. The van der Waals surface area contributed by atoms with Crippen LogP contribution < -0.4 is 5.32 Å². The molecule has 0 aliphatic carbocycles. The van der Waals surface area contributed by atoms with E-state index in [2.05, 4.69) is 24.4 Å². The van der Waals surface area contributed by atoms with Crippen molar-refractivity contribution in [3.63, 3.8) is 0 Å². The van der Waals surface area contributed by atoms with Crippen LogP contribution in [-0.4, -0.2) is 35.5 Å². The van der Waals surface area contributed by atoms with Gasteiger partial charge in [-0.25, -0.2) is 4.68 Å². The second kappa shape index (κ2) is 5.70. The molecule has 0 radical (unpaired) electrons. The summed E-state index contributed by atoms with van der Waals surface area (Å²) < 4.78 is 10.00. The van der Waals surface area contributed by atoms with Gasteiger partial charge in [-0.3, -0.25) is 0 Å². The zero-order chi connectivity index (χ0) is 13.9. The quantitative estimate of drug-likeness (QED) is 0.743. The lowest BCUT2D eigenvalue weighted by molar-refractivity contribution is 0.268. The molecule has 1 aromatic carbocycles. The molecule has 0 amide bonds. The lowest BCUT2D eigenvalue weighted by Gasteiger charge is -2.06. The average Bonchev–Trinajstić information content (AvgIpc) is 3.07. The Morgan fingerprint density at radius 2 is 2.25 bits per heavy atom. The predicted octanol–water partition coefficient (Wildman–Crippen LogP) is 1.54.